The third-order valence-electron chi connectivity index (χ3n) is 3.28. The van der Waals surface area contributed by atoms with E-state index < -0.39 is 0 Å². The number of aromatic nitrogens is 2. The fourth-order valence-electron chi connectivity index (χ4n) is 1.91. The molecule has 0 aliphatic carbocycles. The van der Waals surface area contributed by atoms with Crippen LogP contribution in [0.3, 0.4) is 0 Å². The van der Waals surface area contributed by atoms with Crippen molar-refractivity contribution in [1.29, 1.82) is 0 Å². The molecule has 2 nitrogen and oxygen atoms in total. The number of pyridine rings is 2. The molecule has 2 aromatic rings. The molecule has 0 radical (unpaired) electrons. The first kappa shape index (κ1) is 13.7. The maximum atomic E-state index is 4.54. The molecule has 2 rings (SSSR count). The summed E-state index contributed by atoms with van der Waals surface area (Å²) >= 11 is 0. The van der Waals surface area contributed by atoms with Crippen molar-refractivity contribution in [3.63, 3.8) is 0 Å². The molecule has 0 N–H and O–H groups in total. The zero-order valence-electron chi connectivity index (χ0n) is 12.4. The van der Waals surface area contributed by atoms with E-state index >= 15 is 0 Å². The molecule has 0 fully saturated rings. The van der Waals surface area contributed by atoms with Crippen LogP contribution in [0.2, 0.25) is 0 Å². The Morgan fingerprint density at radius 1 is 0.895 bits per heavy atom. The van der Waals surface area contributed by atoms with Crippen LogP contribution >= 0.6 is 0 Å². The molecular formula is C17H22N2. The van der Waals surface area contributed by atoms with Gasteiger partial charge in [-0.2, -0.15) is 0 Å². The SMILES string of the molecule is CC(C)c1ccc(-c2ccc(C(C)(C)C)nc2)nc1. The second kappa shape index (κ2) is 5.12. The highest BCUT2D eigenvalue weighted by molar-refractivity contribution is 5.58. The van der Waals surface area contributed by atoms with E-state index in [1.165, 1.54) is 5.56 Å². The number of nitrogens with zero attached hydrogens (tertiary/aromatic N) is 2. The van der Waals surface area contributed by atoms with Crippen LogP contribution in [0.4, 0.5) is 0 Å². The molecule has 0 aliphatic heterocycles. The van der Waals surface area contributed by atoms with Gasteiger partial charge in [0.2, 0.25) is 0 Å². The number of hydrogen-bond acceptors (Lipinski definition) is 2. The maximum absolute atomic E-state index is 4.54. The molecule has 19 heavy (non-hydrogen) atoms. The Morgan fingerprint density at radius 2 is 1.63 bits per heavy atom. The second-order valence-electron chi connectivity index (χ2n) is 6.31. The van der Waals surface area contributed by atoms with Crippen molar-refractivity contribution in [3.05, 3.63) is 47.9 Å². The normalized spacial score (nSPS) is 11.9. The van der Waals surface area contributed by atoms with Gasteiger partial charge in [-0.15, -0.1) is 0 Å². The van der Waals surface area contributed by atoms with Crippen LogP contribution < -0.4 is 0 Å². The molecule has 0 amide bonds. The standard InChI is InChI=1S/C17H22N2/c1-12(2)13-6-8-15(18-10-13)14-7-9-16(19-11-14)17(3,4)5/h6-12H,1-5H3. The van der Waals surface area contributed by atoms with E-state index in [9.17, 15) is 0 Å². The number of rotatable bonds is 2. The van der Waals surface area contributed by atoms with E-state index in [-0.39, 0.29) is 5.41 Å². The highest BCUT2D eigenvalue weighted by Crippen LogP contribution is 2.23. The van der Waals surface area contributed by atoms with Gasteiger partial charge >= 0.3 is 0 Å². The largest absolute Gasteiger partial charge is 0.260 e. The second-order valence-corrected chi connectivity index (χ2v) is 6.31. The first-order valence-corrected chi connectivity index (χ1v) is 6.81. The van der Waals surface area contributed by atoms with Crippen molar-refractivity contribution in [2.75, 3.05) is 0 Å². The Labute approximate surface area is 115 Å². The molecule has 0 aliphatic rings. The Bertz CT molecular complexity index is 531. The van der Waals surface area contributed by atoms with Crippen LogP contribution in [0, 0.1) is 0 Å². The summed E-state index contributed by atoms with van der Waals surface area (Å²) < 4.78 is 0. The van der Waals surface area contributed by atoms with Gasteiger partial charge in [-0.1, -0.05) is 40.7 Å². The quantitative estimate of drug-likeness (QED) is 0.785. The van der Waals surface area contributed by atoms with Crippen LogP contribution in [-0.2, 0) is 5.41 Å². The summed E-state index contributed by atoms with van der Waals surface area (Å²) in [4.78, 5) is 9.07. The minimum Gasteiger partial charge on any atom is -0.260 e. The minimum atomic E-state index is 0.0907. The lowest BCUT2D eigenvalue weighted by atomic mass is 9.91. The summed E-state index contributed by atoms with van der Waals surface area (Å²) in [5, 5.41) is 0. The first-order valence-electron chi connectivity index (χ1n) is 6.81. The van der Waals surface area contributed by atoms with Crippen LogP contribution in [0.1, 0.15) is 51.8 Å². The van der Waals surface area contributed by atoms with Gasteiger partial charge in [0, 0.05) is 29.1 Å². The summed E-state index contributed by atoms with van der Waals surface area (Å²) in [6.45, 7) is 10.9. The third kappa shape index (κ3) is 3.19. The van der Waals surface area contributed by atoms with E-state index in [4.69, 9.17) is 0 Å². The molecule has 100 valence electrons. The first-order chi connectivity index (χ1) is 8.88. The van der Waals surface area contributed by atoms with Crippen molar-refractivity contribution in [3.8, 4) is 11.3 Å². The van der Waals surface area contributed by atoms with Gasteiger partial charge in [0.25, 0.3) is 0 Å². The lowest BCUT2D eigenvalue weighted by molar-refractivity contribution is 0.569. The van der Waals surface area contributed by atoms with Crippen LogP contribution in [0.5, 0.6) is 0 Å². The molecule has 0 aromatic carbocycles. The number of hydrogen-bond donors (Lipinski definition) is 0. The minimum absolute atomic E-state index is 0.0907. The Balaban J connectivity index is 2.27. The zero-order chi connectivity index (χ0) is 14.0. The van der Waals surface area contributed by atoms with E-state index in [0.29, 0.717) is 5.92 Å². The predicted molar refractivity (Wildman–Crippen MR) is 80.3 cm³/mol. The van der Waals surface area contributed by atoms with E-state index in [1.807, 2.05) is 12.4 Å². The van der Waals surface area contributed by atoms with Crippen molar-refractivity contribution < 1.29 is 0 Å². The zero-order valence-corrected chi connectivity index (χ0v) is 12.4. The van der Waals surface area contributed by atoms with Gasteiger partial charge in [-0.3, -0.25) is 9.97 Å². The summed E-state index contributed by atoms with van der Waals surface area (Å²) in [6.07, 6.45) is 3.87. The van der Waals surface area contributed by atoms with Crippen molar-refractivity contribution >= 4 is 0 Å². The van der Waals surface area contributed by atoms with Crippen LogP contribution in [0.25, 0.3) is 11.3 Å². The van der Waals surface area contributed by atoms with Crippen molar-refractivity contribution in [1.82, 2.24) is 9.97 Å². The Morgan fingerprint density at radius 3 is 2.05 bits per heavy atom. The molecule has 2 heterocycles. The average Bonchev–Trinajstić information content (AvgIpc) is 2.38. The Kier molecular flexibility index (Phi) is 3.70. The molecule has 0 atom stereocenters. The fraction of sp³-hybridized carbons (Fsp3) is 0.412. The highest BCUT2D eigenvalue weighted by Gasteiger charge is 2.15. The average molecular weight is 254 g/mol. The monoisotopic (exact) mass is 254 g/mol. The molecule has 0 saturated carbocycles. The molecule has 0 unspecified atom stereocenters. The Hall–Kier alpha value is -1.70. The predicted octanol–water partition coefficient (Wildman–Crippen LogP) is 4.56. The maximum Gasteiger partial charge on any atom is 0.0717 e. The van der Waals surface area contributed by atoms with Crippen LogP contribution in [0.15, 0.2) is 36.7 Å². The van der Waals surface area contributed by atoms with Gasteiger partial charge in [-0.25, -0.2) is 0 Å². The lowest BCUT2D eigenvalue weighted by Crippen LogP contribution is -2.12. The van der Waals surface area contributed by atoms with Gasteiger partial charge < -0.3 is 0 Å². The molecule has 2 aromatic heterocycles. The molecule has 0 bridgehead atoms. The summed E-state index contributed by atoms with van der Waals surface area (Å²) in [6, 6.07) is 8.41. The fourth-order valence-corrected chi connectivity index (χ4v) is 1.91. The van der Waals surface area contributed by atoms with Gasteiger partial charge in [0.15, 0.2) is 0 Å². The van der Waals surface area contributed by atoms with E-state index in [2.05, 4.69) is 68.9 Å². The van der Waals surface area contributed by atoms with E-state index in [1.54, 1.807) is 0 Å². The highest BCUT2D eigenvalue weighted by atomic mass is 14.7. The molecule has 2 heteroatoms. The molecule has 0 spiro atoms. The summed E-state index contributed by atoms with van der Waals surface area (Å²) in [7, 11) is 0. The third-order valence-corrected chi connectivity index (χ3v) is 3.28. The van der Waals surface area contributed by atoms with Crippen LogP contribution in [-0.4, -0.2) is 9.97 Å². The van der Waals surface area contributed by atoms with Crippen molar-refractivity contribution in [2.45, 2.75) is 46.0 Å². The smallest absolute Gasteiger partial charge is 0.0717 e. The van der Waals surface area contributed by atoms with Crippen molar-refractivity contribution in [2.24, 2.45) is 0 Å². The summed E-state index contributed by atoms with van der Waals surface area (Å²) in [5.74, 6) is 0.517. The topological polar surface area (TPSA) is 25.8 Å². The van der Waals surface area contributed by atoms with Gasteiger partial charge in [0.1, 0.15) is 0 Å². The van der Waals surface area contributed by atoms with Gasteiger partial charge in [0.05, 0.1) is 5.69 Å². The van der Waals surface area contributed by atoms with Gasteiger partial charge in [-0.05, 0) is 29.7 Å². The lowest BCUT2D eigenvalue weighted by Gasteiger charge is -2.17. The molecular weight excluding hydrogens is 232 g/mol. The van der Waals surface area contributed by atoms with E-state index in [0.717, 1.165) is 17.0 Å². The molecule has 0 saturated heterocycles. The summed E-state index contributed by atoms with van der Waals surface area (Å²) in [5.41, 5.74) is 4.52.